The molecule has 1 aromatic heterocycles. The van der Waals surface area contributed by atoms with Gasteiger partial charge in [-0.1, -0.05) is 18.2 Å². The quantitative estimate of drug-likeness (QED) is 0.705. The average molecular weight is 377 g/mol. The maximum atomic E-state index is 12.9. The van der Waals surface area contributed by atoms with E-state index in [2.05, 4.69) is 15.6 Å². The van der Waals surface area contributed by atoms with Crippen molar-refractivity contribution in [2.45, 2.75) is 20.4 Å². The molecule has 0 bridgehead atoms. The van der Waals surface area contributed by atoms with Crippen LogP contribution in [0.1, 0.15) is 37.5 Å². The van der Waals surface area contributed by atoms with Gasteiger partial charge in [-0.15, -0.1) is 0 Å². The molecule has 5 nitrogen and oxygen atoms in total. The first-order valence-corrected chi connectivity index (χ1v) is 8.79. The molecule has 0 aliphatic heterocycles. The summed E-state index contributed by atoms with van der Waals surface area (Å²) in [5.41, 5.74) is 4.00. The standard InChI is InChI=1S/C22H20FN3O2/c1-14-9-15(2)11-19(10-14)26-22(28)20-12-17(7-8-24-20)21(27)25-13-16-3-5-18(23)6-4-16/h3-12H,13H2,1-2H3,(H,25,27)(H,26,28). The normalized spacial score (nSPS) is 10.4. The molecule has 2 aromatic carbocycles. The molecule has 1 heterocycles. The lowest BCUT2D eigenvalue weighted by atomic mass is 10.1. The molecule has 3 aromatic rings. The van der Waals surface area contributed by atoms with E-state index < -0.39 is 5.91 Å². The van der Waals surface area contributed by atoms with Gasteiger partial charge in [-0.2, -0.15) is 0 Å². The van der Waals surface area contributed by atoms with Gasteiger partial charge in [0.25, 0.3) is 11.8 Å². The third-order valence-electron chi connectivity index (χ3n) is 4.10. The van der Waals surface area contributed by atoms with E-state index in [0.717, 1.165) is 16.7 Å². The monoisotopic (exact) mass is 377 g/mol. The van der Waals surface area contributed by atoms with Crippen LogP contribution >= 0.6 is 0 Å². The number of hydrogen-bond donors (Lipinski definition) is 2. The number of anilines is 1. The third kappa shape index (κ3) is 5.01. The predicted octanol–water partition coefficient (Wildman–Crippen LogP) is 4.02. The highest BCUT2D eigenvalue weighted by molar-refractivity contribution is 6.04. The second-order valence-electron chi connectivity index (χ2n) is 6.57. The van der Waals surface area contributed by atoms with Crippen LogP contribution in [0.15, 0.2) is 60.8 Å². The van der Waals surface area contributed by atoms with E-state index in [1.165, 1.54) is 30.5 Å². The van der Waals surface area contributed by atoms with Crippen molar-refractivity contribution in [3.8, 4) is 0 Å². The molecule has 0 saturated heterocycles. The Morgan fingerprint density at radius 3 is 2.29 bits per heavy atom. The fraction of sp³-hybridized carbons (Fsp3) is 0.136. The first kappa shape index (κ1) is 19.2. The summed E-state index contributed by atoms with van der Waals surface area (Å²) in [6.07, 6.45) is 1.42. The number of amides is 2. The number of rotatable bonds is 5. The Hall–Kier alpha value is -3.54. The van der Waals surface area contributed by atoms with Crippen LogP contribution in [0.5, 0.6) is 0 Å². The SMILES string of the molecule is Cc1cc(C)cc(NC(=O)c2cc(C(=O)NCc3ccc(F)cc3)ccn2)c1. The van der Waals surface area contributed by atoms with Gasteiger partial charge in [0.2, 0.25) is 0 Å². The largest absolute Gasteiger partial charge is 0.348 e. The molecule has 2 amide bonds. The molecule has 0 radical (unpaired) electrons. The van der Waals surface area contributed by atoms with Crippen molar-refractivity contribution in [2.75, 3.05) is 5.32 Å². The summed E-state index contributed by atoms with van der Waals surface area (Å²) in [4.78, 5) is 28.9. The van der Waals surface area contributed by atoms with Gasteiger partial charge in [-0.25, -0.2) is 4.39 Å². The van der Waals surface area contributed by atoms with Crippen LogP contribution in [-0.2, 0) is 6.54 Å². The zero-order valence-electron chi connectivity index (χ0n) is 15.6. The molecule has 0 aliphatic rings. The number of benzene rings is 2. The van der Waals surface area contributed by atoms with Crippen molar-refractivity contribution in [3.63, 3.8) is 0 Å². The molecule has 28 heavy (non-hydrogen) atoms. The fourth-order valence-electron chi connectivity index (χ4n) is 2.82. The van der Waals surface area contributed by atoms with E-state index in [0.29, 0.717) is 11.3 Å². The summed E-state index contributed by atoms with van der Waals surface area (Å²) < 4.78 is 12.9. The molecule has 0 atom stereocenters. The molecule has 6 heteroatoms. The Labute approximate surface area is 162 Å². The Kier molecular flexibility index (Phi) is 5.79. The number of carbonyl (C=O) groups is 2. The van der Waals surface area contributed by atoms with Crippen LogP contribution in [0.2, 0.25) is 0 Å². The highest BCUT2D eigenvalue weighted by atomic mass is 19.1. The summed E-state index contributed by atoms with van der Waals surface area (Å²) in [5, 5.41) is 5.55. The van der Waals surface area contributed by atoms with Gasteiger partial charge in [0, 0.05) is 24.0 Å². The first-order chi connectivity index (χ1) is 13.4. The van der Waals surface area contributed by atoms with Gasteiger partial charge in [-0.3, -0.25) is 14.6 Å². The number of halogens is 1. The highest BCUT2D eigenvalue weighted by Crippen LogP contribution is 2.15. The molecular weight excluding hydrogens is 357 g/mol. The molecule has 0 unspecified atom stereocenters. The van der Waals surface area contributed by atoms with Crippen molar-refractivity contribution in [2.24, 2.45) is 0 Å². The minimum Gasteiger partial charge on any atom is -0.348 e. The molecule has 142 valence electrons. The smallest absolute Gasteiger partial charge is 0.274 e. The lowest BCUT2D eigenvalue weighted by molar-refractivity contribution is 0.0951. The molecule has 0 aliphatic carbocycles. The average Bonchev–Trinajstić information content (AvgIpc) is 2.66. The van der Waals surface area contributed by atoms with Crippen LogP contribution in [0.4, 0.5) is 10.1 Å². The number of nitrogens with zero attached hydrogens (tertiary/aromatic N) is 1. The van der Waals surface area contributed by atoms with Crippen molar-refractivity contribution in [1.29, 1.82) is 0 Å². The van der Waals surface area contributed by atoms with Gasteiger partial charge >= 0.3 is 0 Å². The number of pyridine rings is 1. The van der Waals surface area contributed by atoms with Crippen LogP contribution in [0.25, 0.3) is 0 Å². The Morgan fingerprint density at radius 1 is 0.929 bits per heavy atom. The summed E-state index contributed by atoms with van der Waals surface area (Å²) in [5.74, 6) is -1.06. The first-order valence-electron chi connectivity index (χ1n) is 8.79. The van der Waals surface area contributed by atoms with Gasteiger partial charge in [0.15, 0.2) is 0 Å². The maximum absolute atomic E-state index is 12.9. The summed E-state index contributed by atoms with van der Waals surface area (Å²) in [6.45, 7) is 4.16. The van der Waals surface area contributed by atoms with Crippen molar-refractivity contribution in [1.82, 2.24) is 10.3 Å². The zero-order valence-corrected chi connectivity index (χ0v) is 15.6. The van der Waals surface area contributed by atoms with Crippen molar-refractivity contribution >= 4 is 17.5 Å². The van der Waals surface area contributed by atoms with E-state index in [1.54, 1.807) is 12.1 Å². The van der Waals surface area contributed by atoms with Gasteiger partial charge in [0.05, 0.1) is 0 Å². The number of nitrogens with one attached hydrogen (secondary N) is 2. The van der Waals surface area contributed by atoms with Crippen molar-refractivity contribution < 1.29 is 14.0 Å². The van der Waals surface area contributed by atoms with Crippen LogP contribution < -0.4 is 10.6 Å². The van der Waals surface area contributed by atoms with Gasteiger partial charge < -0.3 is 10.6 Å². The lowest BCUT2D eigenvalue weighted by Gasteiger charge is -2.09. The van der Waals surface area contributed by atoms with Crippen molar-refractivity contribution in [3.05, 3.63) is 94.6 Å². The zero-order chi connectivity index (χ0) is 20.1. The number of hydrogen-bond acceptors (Lipinski definition) is 3. The Bertz CT molecular complexity index is 996. The second kappa shape index (κ2) is 8.43. The predicted molar refractivity (Wildman–Crippen MR) is 106 cm³/mol. The fourth-order valence-corrected chi connectivity index (χ4v) is 2.82. The van der Waals surface area contributed by atoms with Crippen LogP contribution in [0.3, 0.4) is 0 Å². The Morgan fingerprint density at radius 2 is 1.61 bits per heavy atom. The highest BCUT2D eigenvalue weighted by Gasteiger charge is 2.12. The minimum atomic E-state index is -0.391. The second-order valence-corrected chi connectivity index (χ2v) is 6.57. The molecular formula is C22H20FN3O2. The van der Waals surface area contributed by atoms with Crippen LogP contribution in [0, 0.1) is 19.7 Å². The number of aryl methyl sites for hydroxylation is 2. The van der Waals surface area contributed by atoms with E-state index in [4.69, 9.17) is 0 Å². The van der Waals surface area contributed by atoms with E-state index in [9.17, 15) is 14.0 Å². The third-order valence-corrected chi connectivity index (χ3v) is 4.10. The number of carbonyl (C=O) groups excluding carboxylic acids is 2. The molecule has 0 fully saturated rings. The molecule has 0 saturated carbocycles. The summed E-state index contributed by atoms with van der Waals surface area (Å²) >= 11 is 0. The minimum absolute atomic E-state index is 0.147. The van der Waals surface area contributed by atoms with E-state index in [-0.39, 0.29) is 24.0 Å². The maximum Gasteiger partial charge on any atom is 0.274 e. The number of aromatic nitrogens is 1. The molecule has 3 rings (SSSR count). The summed E-state index contributed by atoms with van der Waals surface area (Å²) in [6, 6.07) is 14.6. The Balaban J connectivity index is 1.67. The molecule has 2 N–H and O–H groups in total. The van der Waals surface area contributed by atoms with Gasteiger partial charge in [0.1, 0.15) is 11.5 Å². The molecule has 0 spiro atoms. The topological polar surface area (TPSA) is 71.1 Å². The lowest BCUT2D eigenvalue weighted by Crippen LogP contribution is -2.23. The van der Waals surface area contributed by atoms with Gasteiger partial charge in [-0.05, 0) is 66.9 Å². The van der Waals surface area contributed by atoms with Crippen LogP contribution in [-0.4, -0.2) is 16.8 Å². The van der Waals surface area contributed by atoms with E-state index in [1.807, 2.05) is 32.0 Å². The van der Waals surface area contributed by atoms with E-state index >= 15 is 0 Å². The summed E-state index contributed by atoms with van der Waals surface area (Å²) in [7, 11) is 0.